The number of amidine groups is 1. The molecule has 0 fully saturated rings. The first-order chi connectivity index (χ1) is 5.65. The summed E-state index contributed by atoms with van der Waals surface area (Å²) in [5, 5.41) is 11.4. The van der Waals surface area contributed by atoms with E-state index < -0.39 is 0 Å². The van der Waals surface area contributed by atoms with Crippen molar-refractivity contribution in [3.05, 3.63) is 34.9 Å². The molecule has 0 saturated heterocycles. The lowest BCUT2D eigenvalue weighted by Gasteiger charge is -2.03. The number of benzene rings is 1. The number of aryl methyl sites for hydroxylation is 2. The predicted octanol–water partition coefficient (Wildman–Crippen LogP) is 1.40. The maximum atomic E-state index is 8.44. The maximum absolute atomic E-state index is 8.44. The third kappa shape index (κ3) is 1.56. The summed E-state index contributed by atoms with van der Waals surface area (Å²) < 4.78 is 0. The van der Waals surface area contributed by atoms with Gasteiger partial charge in [0.05, 0.1) is 0 Å². The Morgan fingerprint density at radius 2 is 2.08 bits per heavy atom. The van der Waals surface area contributed by atoms with E-state index in [1.807, 2.05) is 32.0 Å². The Morgan fingerprint density at radius 3 is 2.58 bits per heavy atom. The quantitative estimate of drug-likeness (QED) is 0.285. The molecule has 0 radical (unpaired) electrons. The van der Waals surface area contributed by atoms with Crippen LogP contribution >= 0.6 is 0 Å². The van der Waals surface area contributed by atoms with Crippen molar-refractivity contribution < 1.29 is 5.21 Å². The van der Waals surface area contributed by atoms with Crippen LogP contribution in [0.1, 0.15) is 16.7 Å². The van der Waals surface area contributed by atoms with Crippen LogP contribution in [0.15, 0.2) is 23.4 Å². The Labute approximate surface area is 71.5 Å². The molecular weight excluding hydrogens is 152 g/mol. The van der Waals surface area contributed by atoms with Crippen molar-refractivity contribution >= 4 is 5.84 Å². The van der Waals surface area contributed by atoms with E-state index in [1.54, 1.807) is 0 Å². The van der Waals surface area contributed by atoms with Gasteiger partial charge in [0.15, 0.2) is 5.84 Å². The molecule has 64 valence electrons. The fourth-order valence-electron chi connectivity index (χ4n) is 1.15. The van der Waals surface area contributed by atoms with E-state index >= 15 is 0 Å². The highest BCUT2D eigenvalue weighted by Gasteiger charge is 2.02. The van der Waals surface area contributed by atoms with Gasteiger partial charge in [-0.25, -0.2) is 0 Å². The zero-order valence-electron chi connectivity index (χ0n) is 7.20. The van der Waals surface area contributed by atoms with Crippen LogP contribution in [0, 0.1) is 13.8 Å². The van der Waals surface area contributed by atoms with Crippen LogP contribution in [-0.4, -0.2) is 11.0 Å². The molecule has 1 aromatic carbocycles. The SMILES string of the molecule is Cc1ccc(/C(N)=N/O)c(C)c1. The Hall–Kier alpha value is -1.51. The van der Waals surface area contributed by atoms with E-state index in [2.05, 4.69) is 5.16 Å². The normalized spacial score (nSPS) is 11.7. The average Bonchev–Trinajstić information content (AvgIpc) is 2.03. The third-order valence-corrected chi connectivity index (χ3v) is 1.77. The van der Waals surface area contributed by atoms with Gasteiger partial charge >= 0.3 is 0 Å². The fraction of sp³-hybridized carbons (Fsp3) is 0.222. The van der Waals surface area contributed by atoms with E-state index in [-0.39, 0.29) is 5.84 Å². The second-order valence-electron chi connectivity index (χ2n) is 2.80. The summed E-state index contributed by atoms with van der Waals surface area (Å²) in [5.74, 6) is 0.160. The number of rotatable bonds is 1. The minimum atomic E-state index is 0.160. The lowest BCUT2D eigenvalue weighted by molar-refractivity contribution is 0.318. The summed E-state index contributed by atoms with van der Waals surface area (Å²) >= 11 is 0. The summed E-state index contributed by atoms with van der Waals surface area (Å²) in [7, 11) is 0. The molecule has 3 N–H and O–H groups in total. The largest absolute Gasteiger partial charge is 0.409 e. The lowest BCUT2D eigenvalue weighted by atomic mass is 10.1. The molecule has 0 aliphatic rings. The van der Waals surface area contributed by atoms with Crippen molar-refractivity contribution in [3.8, 4) is 0 Å². The van der Waals surface area contributed by atoms with Crippen LogP contribution in [0.4, 0.5) is 0 Å². The van der Waals surface area contributed by atoms with Crippen LogP contribution in [0.25, 0.3) is 0 Å². The highest BCUT2D eigenvalue weighted by molar-refractivity contribution is 5.98. The van der Waals surface area contributed by atoms with Crippen molar-refractivity contribution in [2.24, 2.45) is 10.9 Å². The summed E-state index contributed by atoms with van der Waals surface area (Å²) in [6, 6.07) is 5.77. The number of oxime groups is 1. The Kier molecular flexibility index (Phi) is 2.33. The van der Waals surface area contributed by atoms with Crippen LogP contribution in [0.3, 0.4) is 0 Å². The van der Waals surface area contributed by atoms with Gasteiger partial charge in [-0.2, -0.15) is 0 Å². The molecule has 3 heteroatoms. The Morgan fingerprint density at radius 1 is 1.42 bits per heavy atom. The molecule has 0 aliphatic carbocycles. The molecule has 0 saturated carbocycles. The van der Waals surface area contributed by atoms with Crippen LogP contribution in [-0.2, 0) is 0 Å². The first-order valence-electron chi connectivity index (χ1n) is 3.70. The maximum Gasteiger partial charge on any atom is 0.170 e. The predicted molar refractivity (Wildman–Crippen MR) is 48.4 cm³/mol. The highest BCUT2D eigenvalue weighted by atomic mass is 16.4. The van der Waals surface area contributed by atoms with Gasteiger partial charge < -0.3 is 10.9 Å². The first kappa shape index (κ1) is 8.59. The summed E-state index contributed by atoms with van der Waals surface area (Å²) in [5.41, 5.74) is 8.41. The zero-order chi connectivity index (χ0) is 9.14. The topological polar surface area (TPSA) is 58.6 Å². The van der Waals surface area contributed by atoms with Gasteiger partial charge in [-0.05, 0) is 19.4 Å². The van der Waals surface area contributed by atoms with E-state index in [0.717, 1.165) is 11.1 Å². The number of hydrogen-bond acceptors (Lipinski definition) is 2. The monoisotopic (exact) mass is 164 g/mol. The Balaban J connectivity index is 3.18. The zero-order valence-corrected chi connectivity index (χ0v) is 7.20. The van der Waals surface area contributed by atoms with Crippen LogP contribution < -0.4 is 5.73 Å². The summed E-state index contributed by atoms with van der Waals surface area (Å²) in [6.45, 7) is 3.93. The van der Waals surface area contributed by atoms with E-state index in [1.165, 1.54) is 5.56 Å². The molecular formula is C9H12N2O. The van der Waals surface area contributed by atoms with E-state index in [4.69, 9.17) is 10.9 Å². The molecule has 0 spiro atoms. The standard InChI is InChI=1S/C9H12N2O/c1-6-3-4-8(7(2)5-6)9(10)11-12/h3-5,12H,1-2H3,(H2,10,11). The molecule has 0 aromatic heterocycles. The molecule has 0 bridgehead atoms. The van der Waals surface area contributed by atoms with Gasteiger partial charge in [0, 0.05) is 5.56 Å². The van der Waals surface area contributed by atoms with Crippen LogP contribution in [0.5, 0.6) is 0 Å². The second kappa shape index (κ2) is 3.26. The second-order valence-corrected chi connectivity index (χ2v) is 2.80. The van der Waals surface area contributed by atoms with Crippen molar-refractivity contribution in [1.82, 2.24) is 0 Å². The molecule has 0 amide bonds. The van der Waals surface area contributed by atoms with Gasteiger partial charge in [0.25, 0.3) is 0 Å². The smallest absolute Gasteiger partial charge is 0.170 e. The molecule has 1 aromatic rings. The fourth-order valence-corrected chi connectivity index (χ4v) is 1.15. The lowest BCUT2D eigenvalue weighted by Crippen LogP contribution is -2.14. The van der Waals surface area contributed by atoms with Crippen molar-refractivity contribution in [1.29, 1.82) is 0 Å². The van der Waals surface area contributed by atoms with E-state index in [0.29, 0.717) is 0 Å². The average molecular weight is 164 g/mol. The number of nitrogens with zero attached hydrogens (tertiary/aromatic N) is 1. The summed E-state index contributed by atoms with van der Waals surface area (Å²) in [4.78, 5) is 0. The number of hydrogen-bond donors (Lipinski definition) is 2. The highest BCUT2D eigenvalue weighted by Crippen LogP contribution is 2.09. The Bertz CT molecular complexity index is 318. The molecule has 0 aliphatic heterocycles. The molecule has 1 rings (SSSR count). The third-order valence-electron chi connectivity index (χ3n) is 1.77. The van der Waals surface area contributed by atoms with Crippen LogP contribution in [0.2, 0.25) is 0 Å². The molecule has 0 atom stereocenters. The van der Waals surface area contributed by atoms with E-state index in [9.17, 15) is 0 Å². The van der Waals surface area contributed by atoms with Crippen molar-refractivity contribution in [2.75, 3.05) is 0 Å². The van der Waals surface area contributed by atoms with Gasteiger partial charge in [0.1, 0.15) is 0 Å². The minimum Gasteiger partial charge on any atom is -0.409 e. The molecule has 0 heterocycles. The van der Waals surface area contributed by atoms with Gasteiger partial charge in [-0.1, -0.05) is 28.9 Å². The molecule has 0 unspecified atom stereocenters. The minimum absolute atomic E-state index is 0.160. The molecule has 3 nitrogen and oxygen atoms in total. The van der Waals surface area contributed by atoms with Crippen molar-refractivity contribution in [2.45, 2.75) is 13.8 Å². The number of nitrogens with two attached hydrogens (primary N) is 1. The van der Waals surface area contributed by atoms with Gasteiger partial charge in [0.2, 0.25) is 0 Å². The summed E-state index contributed by atoms with van der Waals surface area (Å²) in [6.07, 6.45) is 0. The van der Waals surface area contributed by atoms with Gasteiger partial charge in [-0.15, -0.1) is 0 Å². The van der Waals surface area contributed by atoms with Gasteiger partial charge in [-0.3, -0.25) is 0 Å². The first-order valence-corrected chi connectivity index (χ1v) is 3.70. The van der Waals surface area contributed by atoms with Crippen molar-refractivity contribution in [3.63, 3.8) is 0 Å². The molecule has 12 heavy (non-hydrogen) atoms.